The van der Waals surface area contributed by atoms with Crippen LogP contribution in [0.15, 0.2) is 18.2 Å². The summed E-state index contributed by atoms with van der Waals surface area (Å²) in [7, 11) is 0. The second-order valence-electron chi connectivity index (χ2n) is 3.83. The molecule has 0 heterocycles. The highest BCUT2D eigenvalue weighted by atomic mass is 35.5. The Hall–Kier alpha value is -1.86. The Bertz CT molecular complexity index is 497. The number of nitrogens with one attached hydrogen (secondary N) is 1. The van der Waals surface area contributed by atoms with Gasteiger partial charge in [0.05, 0.1) is 5.02 Å². The van der Waals surface area contributed by atoms with Crippen LogP contribution in [0.3, 0.4) is 0 Å². The summed E-state index contributed by atoms with van der Waals surface area (Å²) >= 11 is 5.70. The van der Waals surface area contributed by atoms with E-state index in [9.17, 15) is 14.0 Å². The molecule has 1 aromatic carbocycles. The normalized spacial score (nSPS) is 11.8. The zero-order valence-corrected chi connectivity index (χ0v) is 11.1. The Morgan fingerprint density at radius 1 is 1.45 bits per heavy atom. The van der Waals surface area contributed by atoms with Gasteiger partial charge in [0.15, 0.2) is 6.61 Å². The topological polar surface area (TPSA) is 95.9 Å². The summed E-state index contributed by atoms with van der Waals surface area (Å²) in [6, 6.07) is 2.21. The third-order valence-corrected chi connectivity index (χ3v) is 2.60. The van der Waals surface area contributed by atoms with Gasteiger partial charge in [0, 0.05) is 13.0 Å². The van der Waals surface area contributed by atoms with Gasteiger partial charge in [0.2, 0.25) is 0 Å². The van der Waals surface area contributed by atoms with Crippen molar-refractivity contribution in [3.8, 4) is 5.75 Å². The molecule has 1 amide bonds. The number of halogens is 2. The van der Waals surface area contributed by atoms with Crippen molar-refractivity contribution < 1.29 is 28.9 Å². The number of aliphatic hydroxyl groups excluding tert-OH is 1. The molecule has 0 aliphatic rings. The van der Waals surface area contributed by atoms with Crippen LogP contribution < -0.4 is 10.1 Å². The minimum absolute atomic E-state index is 0.00272. The molecule has 0 saturated carbocycles. The van der Waals surface area contributed by atoms with Gasteiger partial charge in [0.1, 0.15) is 17.6 Å². The van der Waals surface area contributed by atoms with E-state index in [1.165, 1.54) is 6.07 Å². The summed E-state index contributed by atoms with van der Waals surface area (Å²) < 4.78 is 17.8. The Balaban J connectivity index is 2.52. The molecule has 1 atom stereocenters. The van der Waals surface area contributed by atoms with Gasteiger partial charge in [0.25, 0.3) is 5.91 Å². The highest BCUT2D eigenvalue weighted by Gasteiger charge is 2.19. The molecule has 3 N–H and O–H groups in total. The Morgan fingerprint density at radius 2 is 2.15 bits per heavy atom. The standard InChI is InChI=1S/C12H13ClFNO5/c13-8-5-7(14)1-2-10(8)20-6-11(17)15-9(3-4-16)12(18)19/h1-2,5,9,16H,3-4,6H2,(H,15,17)(H,18,19). The van der Waals surface area contributed by atoms with Gasteiger partial charge in [-0.25, -0.2) is 9.18 Å². The molecule has 8 heteroatoms. The highest BCUT2D eigenvalue weighted by molar-refractivity contribution is 6.32. The molecule has 0 aliphatic heterocycles. The summed E-state index contributed by atoms with van der Waals surface area (Å²) in [6.45, 7) is -0.845. The van der Waals surface area contributed by atoms with E-state index in [1.807, 2.05) is 0 Å². The van der Waals surface area contributed by atoms with E-state index in [0.29, 0.717) is 0 Å². The lowest BCUT2D eigenvalue weighted by molar-refractivity contribution is -0.142. The Kier molecular flexibility index (Phi) is 6.20. The van der Waals surface area contributed by atoms with E-state index in [2.05, 4.69) is 5.32 Å². The van der Waals surface area contributed by atoms with Gasteiger partial charge < -0.3 is 20.3 Å². The molecule has 0 spiro atoms. The van der Waals surface area contributed by atoms with Gasteiger partial charge >= 0.3 is 5.97 Å². The van der Waals surface area contributed by atoms with Crippen molar-refractivity contribution in [1.29, 1.82) is 0 Å². The molecular formula is C12H13ClFNO5. The predicted octanol–water partition coefficient (Wildman–Crippen LogP) is 0.810. The summed E-state index contributed by atoms with van der Waals surface area (Å²) in [5.41, 5.74) is 0. The first-order valence-corrected chi connectivity index (χ1v) is 6.02. The van der Waals surface area contributed by atoms with Crippen LogP contribution in [0, 0.1) is 5.82 Å². The molecule has 0 saturated heterocycles. The van der Waals surface area contributed by atoms with Crippen molar-refractivity contribution in [2.24, 2.45) is 0 Å². The first kappa shape index (κ1) is 16.2. The van der Waals surface area contributed by atoms with Gasteiger partial charge in [-0.05, 0) is 18.2 Å². The number of aliphatic carboxylic acids is 1. The number of carboxylic acids is 1. The van der Waals surface area contributed by atoms with Crippen LogP contribution in [0.2, 0.25) is 5.02 Å². The van der Waals surface area contributed by atoms with Crippen LogP contribution >= 0.6 is 11.6 Å². The van der Waals surface area contributed by atoms with Crippen molar-refractivity contribution in [3.05, 3.63) is 29.0 Å². The Morgan fingerprint density at radius 3 is 2.70 bits per heavy atom. The van der Waals surface area contributed by atoms with Crippen LogP contribution in [-0.2, 0) is 9.59 Å². The van der Waals surface area contributed by atoms with Crippen LogP contribution in [0.5, 0.6) is 5.75 Å². The largest absolute Gasteiger partial charge is 0.482 e. The Labute approximate surface area is 119 Å². The van der Waals surface area contributed by atoms with Crippen molar-refractivity contribution in [2.45, 2.75) is 12.5 Å². The van der Waals surface area contributed by atoms with Gasteiger partial charge in [-0.3, -0.25) is 4.79 Å². The number of ether oxygens (including phenoxy) is 1. The SMILES string of the molecule is O=C(COc1ccc(F)cc1Cl)NC(CCO)C(=O)O. The van der Waals surface area contributed by atoms with E-state index in [0.717, 1.165) is 12.1 Å². The number of rotatable bonds is 7. The molecule has 0 aliphatic carbocycles. The first-order chi connectivity index (χ1) is 9.43. The number of hydrogen-bond donors (Lipinski definition) is 3. The van der Waals surface area contributed by atoms with Crippen molar-refractivity contribution in [2.75, 3.05) is 13.2 Å². The average Bonchev–Trinajstić information content (AvgIpc) is 2.37. The van der Waals surface area contributed by atoms with Gasteiger partial charge in [-0.1, -0.05) is 11.6 Å². The molecule has 20 heavy (non-hydrogen) atoms. The van der Waals surface area contributed by atoms with Crippen LogP contribution in [0.1, 0.15) is 6.42 Å². The first-order valence-electron chi connectivity index (χ1n) is 5.65. The van der Waals surface area contributed by atoms with Crippen LogP contribution in [0.25, 0.3) is 0 Å². The summed E-state index contributed by atoms with van der Waals surface area (Å²) in [5.74, 6) is -2.38. The van der Waals surface area contributed by atoms with E-state index < -0.39 is 30.3 Å². The van der Waals surface area contributed by atoms with Crippen LogP contribution in [-0.4, -0.2) is 41.3 Å². The maximum absolute atomic E-state index is 12.8. The average molecular weight is 306 g/mol. The molecule has 110 valence electrons. The summed E-state index contributed by atoms with van der Waals surface area (Å²) in [5, 5.41) is 19.6. The molecule has 1 rings (SSSR count). The smallest absolute Gasteiger partial charge is 0.326 e. The number of hydrogen-bond acceptors (Lipinski definition) is 4. The zero-order valence-electron chi connectivity index (χ0n) is 10.3. The van der Waals surface area contributed by atoms with Crippen molar-refractivity contribution in [1.82, 2.24) is 5.32 Å². The molecule has 0 fully saturated rings. The summed E-state index contributed by atoms with van der Waals surface area (Å²) in [4.78, 5) is 22.2. The molecule has 0 bridgehead atoms. The molecule has 0 radical (unpaired) electrons. The maximum atomic E-state index is 12.8. The summed E-state index contributed by atoms with van der Waals surface area (Å²) in [6.07, 6.45) is -0.113. The lowest BCUT2D eigenvalue weighted by atomic mass is 10.2. The fraction of sp³-hybridized carbons (Fsp3) is 0.333. The fourth-order valence-corrected chi connectivity index (χ4v) is 1.58. The quantitative estimate of drug-likeness (QED) is 0.693. The second kappa shape index (κ2) is 7.66. The minimum atomic E-state index is -1.26. The lowest BCUT2D eigenvalue weighted by Crippen LogP contribution is -2.43. The minimum Gasteiger partial charge on any atom is -0.482 e. The number of carbonyl (C=O) groups excluding carboxylic acids is 1. The van der Waals surface area contributed by atoms with Gasteiger partial charge in [-0.15, -0.1) is 0 Å². The zero-order chi connectivity index (χ0) is 15.1. The van der Waals surface area contributed by atoms with E-state index in [1.54, 1.807) is 0 Å². The number of carbonyl (C=O) groups is 2. The molecule has 6 nitrogen and oxygen atoms in total. The van der Waals surface area contributed by atoms with Crippen molar-refractivity contribution in [3.63, 3.8) is 0 Å². The van der Waals surface area contributed by atoms with Gasteiger partial charge in [-0.2, -0.15) is 0 Å². The molecule has 1 aromatic rings. The molecular weight excluding hydrogens is 293 g/mol. The van der Waals surface area contributed by atoms with E-state index >= 15 is 0 Å². The fourth-order valence-electron chi connectivity index (χ4n) is 1.36. The number of benzene rings is 1. The lowest BCUT2D eigenvalue weighted by Gasteiger charge is -2.14. The van der Waals surface area contributed by atoms with Crippen LogP contribution in [0.4, 0.5) is 4.39 Å². The third-order valence-electron chi connectivity index (χ3n) is 2.30. The molecule has 1 unspecified atom stereocenters. The number of aliphatic hydroxyl groups is 1. The second-order valence-corrected chi connectivity index (χ2v) is 4.24. The van der Waals surface area contributed by atoms with E-state index in [4.69, 9.17) is 26.6 Å². The maximum Gasteiger partial charge on any atom is 0.326 e. The monoisotopic (exact) mass is 305 g/mol. The number of carboxylic acid groups (broad SMARTS) is 1. The molecule has 0 aromatic heterocycles. The highest BCUT2D eigenvalue weighted by Crippen LogP contribution is 2.24. The van der Waals surface area contributed by atoms with Crippen molar-refractivity contribution >= 4 is 23.5 Å². The number of amides is 1. The third kappa shape index (κ3) is 5.02. The van der Waals surface area contributed by atoms with E-state index in [-0.39, 0.29) is 23.8 Å². The predicted molar refractivity (Wildman–Crippen MR) is 68.2 cm³/mol.